The van der Waals surface area contributed by atoms with Crippen LogP contribution in [0.3, 0.4) is 0 Å². The van der Waals surface area contributed by atoms with Gasteiger partial charge < -0.3 is 9.73 Å². The van der Waals surface area contributed by atoms with Crippen LogP contribution in [-0.2, 0) is 4.79 Å². The molecule has 1 amide bonds. The van der Waals surface area contributed by atoms with Crippen LogP contribution in [0, 0.1) is 0 Å². The Morgan fingerprint density at radius 1 is 1.18 bits per heavy atom. The van der Waals surface area contributed by atoms with Crippen LogP contribution >= 0.6 is 23.2 Å². The highest BCUT2D eigenvalue weighted by atomic mass is 35.5. The second kappa shape index (κ2) is 8.11. The Labute approximate surface area is 173 Å². The molecule has 0 saturated carbocycles. The minimum Gasteiger partial charge on any atom is -0.440 e. The first-order valence-electron chi connectivity index (χ1n) is 9.37. The molecule has 1 fully saturated rings. The van der Waals surface area contributed by atoms with Gasteiger partial charge in [0.15, 0.2) is 11.5 Å². The van der Waals surface area contributed by atoms with Crippen LogP contribution in [0.1, 0.15) is 31.6 Å². The zero-order chi connectivity index (χ0) is 19.7. The smallest absolute Gasteiger partial charge is 0.241 e. The van der Waals surface area contributed by atoms with Crippen LogP contribution in [0.4, 0.5) is 5.69 Å². The number of rotatable bonds is 4. The Morgan fingerprint density at radius 3 is 2.68 bits per heavy atom. The number of piperidine rings is 1. The minimum absolute atomic E-state index is 0.0931. The number of aromatic nitrogens is 1. The predicted octanol–water partition coefficient (Wildman–Crippen LogP) is 5.34. The summed E-state index contributed by atoms with van der Waals surface area (Å²) in [5.41, 5.74) is 2.25. The fourth-order valence-corrected chi connectivity index (χ4v) is 3.95. The second-order valence-electron chi connectivity index (χ2n) is 7.10. The predicted molar refractivity (Wildman–Crippen MR) is 112 cm³/mol. The number of carbonyl (C=O) groups is 1. The quantitative estimate of drug-likeness (QED) is 0.621. The number of anilines is 1. The first-order valence-corrected chi connectivity index (χ1v) is 10.1. The molecule has 3 aromatic rings. The molecule has 1 aliphatic rings. The zero-order valence-corrected chi connectivity index (χ0v) is 17.0. The maximum atomic E-state index is 12.7. The summed E-state index contributed by atoms with van der Waals surface area (Å²) in [5.74, 6) is 0.981. The fraction of sp³-hybridized carbons (Fsp3) is 0.333. The van der Waals surface area contributed by atoms with E-state index in [1.807, 2.05) is 31.2 Å². The van der Waals surface area contributed by atoms with Crippen molar-refractivity contribution in [2.75, 3.05) is 18.4 Å². The lowest BCUT2D eigenvalue weighted by Gasteiger charge is -2.34. The highest BCUT2D eigenvalue weighted by Crippen LogP contribution is 2.32. The van der Waals surface area contributed by atoms with Crippen molar-refractivity contribution < 1.29 is 9.21 Å². The van der Waals surface area contributed by atoms with Gasteiger partial charge in [-0.2, -0.15) is 0 Å². The highest BCUT2D eigenvalue weighted by molar-refractivity contribution is 6.44. The number of benzene rings is 2. The number of carbonyl (C=O) groups excluding carboxylic acids is 1. The Kier molecular flexibility index (Phi) is 5.58. The molecule has 1 saturated heterocycles. The van der Waals surface area contributed by atoms with Crippen molar-refractivity contribution in [3.63, 3.8) is 0 Å². The third-order valence-corrected chi connectivity index (χ3v) is 6.14. The van der Waals surface area contributed by atoms with Gasteiger partial charge in [0.1, 0.15) is 5.52 Å². The third kappa shape index (κ3) is 3.88. The Hall–Kier alpha value is -2.08. The molecule has 0 bridgehead atoms. The molecule has 1 aliphatic heterocycles. The van der Waals surface area contributed by atoms with E-state index >= 15 is 0 Å². The van der Waals surface area contributed by atoms with Crippen LogP contribution in [0.2, 0.25) is 10.0 Å². The van der Waals surface area contributed by atoms with E-state index in [2.05, 4.69) is 15.2 Å². The van der Waals surface area contributed by atoms with Gasteiger partial charge in [-0.1, -0.05) is 41.4 Å². The van der Waals surface area contributed by atoms with Crippen LogP contribution in [0.5, 0.6) is 0 Å². The number of hydrogen-bond acceptors (Lipinski definition) is 4. The van der Waals surface area contributed by atoms with Gasteiger partial charge in [0.25, 0.3) is 0 Å². The molecule has 146 valence electrons. The molecule has 1 aromatic heterocycles. The molecule has 2 heterocycles. The molecular weight excluding hydrogens is 397 g/mol. The summed E-state index contributed by atoms with van der Waals surface area (Å²) in [6.07, 6.45) is 1.81. The standard InChI is InChI=1S/C21H21Cl2N3O2/c1-13(20(27)24-17-7-4-5-15(22)19(17)23)26-11-9-14(10-12-26)21-25-16-6-2-3-8-18(16)28-21/h2-8,13-14H,9-12H2,1H3,(H,24,27). The van der Waals surface area contributed by atoms with E-state index in [9.17, 15) is 4.79 Å². The number of hydrogen-bond donors (Lipinski definition) is 1. The van der Waals surface area contributed by atoms with E-state index < -0.39 is 0 Å². The Morgan fingerprint density at radius 2 is 1.93 bits per heavy atom. The monoisotopic (exact) mass is 417 g/mol. The van der Waals surface area contributed by atoms with Gasteiger partial charge in [-0.25, -0.2) is 4.98 Å². The van der Waals surface area contributed by atoms with Gasteiger partial charge >= 0.3 is 0 Å². The molecule has 0 aliphatic carbocycles. The topological polar surface area (TPSA) is 58.4 Å². The average Bonchev–Trinajstić information content (AvgIpc) is 3.15. The van der Waals surface area contributed by atoms with Crippen molar-refractivity contribution in [2.24, 2.45) is 0 Å². The van der Waals surface area contributed by atoms with E-state index in [-0.39, 0.29) is 17.9 Å². The molecule has 7 heteroatoms. The van der Waals surface area contributed by atoms with Gasteiger partial charge in [-0.05, 0) is 57.1 Å². The zero-order valence-electron chi connectivity index (χ0n) is 15.5. The SMILES string of the molecule is CC(C(=O)Nc1cccc(Cl)c1Cl)N1CCC(c2nc3ccccc3o2)CC1. The van der Waals surface area contributed by atoms with Crippen molar-refractivity contribution >= 4 is 45.9 Å². The van der Waals surface area contributed by atoms with Crippen LogP contribution < -0.4 is 5.32 Å². The molecule has 1 N–H and O–H groups in total. The third-order valence-electron chi connectivity index (χ3n) is 5.33. The van der Waals surface area contributed by atoms with E-state index in [1.165, 1.54) is 0 Å². The number of amides is 1. The molecule has 4 rings (SSSR count). The maximum absolute atomic E-state index is 12.7. The first-order chi connectivity index (χ1) is 13.5. The molecule has 1 unspecified atom stereocenters. The molecule has 1 atom stereocenters. The number of oxazole rings is 1. The lowest BCUT2D eigenvalue weighted by Crippen LogP contribution is -2.45. The van der Waals surface area contributed by atoms with Crippen molar-refractivity contribution in [1.82, 2.24) is 9.88 Å². The van der Waals surface area contributed by atoms with Gasteiger partial charge in [0, 0.05) is 5.92 Å². The Balaban J connectivity index is 1.37. The van der Waals surface area contributed by atoms with Crippen molar-refractivity contribution in [1.29, 1.82) is 0 Å². The highest BCUT2D eigenvalue weighted by Gasteiger charge is 2.29. The number of para-hydroxylation sites is 2. The number of nitrogens with one attached hydrogen (secondary N) is 1. The molecular formula is C21H21Cl2N3O2. The van der Waals surface area contributed by atoms with E-state index in [0.717, 1.165) is 42.9 Å². The molecule has 5 nitrogen and oxygen atoms in total. The summed E-state index contributed by atoms with van der Waals surface area (Å²) in [4.78, 5) is 19.5. The van der Waals surface area contributed by atoms with Gasteiger partial charge in [-0.15, -0.1) is 0 Å². The fourth-order valence-electron chi connectivity index (χ4n) is 3.60. The largest absolute Gasteiger partial charge is 0.440 e. The summed E-state index contributed by atoms with van der Waals surface area (Å²) in [5, 5.41) is 3.66. The van der Waals surface area contributed by atoms with Crippen molar-refractivity contribution in [2.45, 2.75) is 31.7 Å². The van der Waals surface area contributed by atoms with Crippen molar-refractivity contribution in [3.05, 3.63) is 58.4 Å². The number of halogens is 2. The summed E-state index contributed by atoms with van der Waals surface area (Å²) in [7, 11) is 0. The van der Waals surface area contributed by atoms with Gasteiger partial charge in [0.05, 0.1) is 21.8 Å². The van der Waals surface area contributed by atoms with Gasteiger partial charge in [0.2, 0.25) is 5.91 Å². The van der Waals surface area contributed by atoms with E-state index in [0.29, 0.717) is 15.7 Å². The summed E-state index contributed by atoms with van der Waals surface area (Å²) in [6.45, 7) is 3.52. The normalized spacial score (nSPS) is 17.0. The second-order valence-corrected chi connectivity index (χ2v) is 7.88. The van der Waals surface area contributed by atoms with Crippen molar-refractivity contribution in [3.8, 4) is 0 Å². The number of nitrogens with zero attached hydrogens (tertiary/aromatic N) is 2. The van der Waals surface area contributed by atoms with Crippen LogP contribution in [0.15, 0.2) is 46.9 Å². The van der Waals surface area contributed by atoms with Gasteiger partial charge in [-0.3, -0.25) is 9.69 Å². The van der Waals surface area contributed by atoms with Crippen LogP contribution in [-0.4, -0.2) is 34.9 Å². The number of fused-ring (bicyclic) bond motifs is 1. The summed E-state index contributed by atoms with van der Waals surface area (Å²) < 4.78 is 5.92. The molecule has 0 spiro atoms. The lowest BCUT2D eigenvalue weighted by atomic mass is 9.95. The summed E-state index contributed by atoms with van der Waals surface area (Å²) >= 11 is 12.2. The molecule has 28 heavy (non-hydrogen) atoms. The average molecular weight is 418 g/mol. The number of likely N-dealkylation sites (tertiary alicyclic amines) is 1. The molecule has 2 aromatic carbocycles. The minimum atomic E-state index is -0.264. The molecule has 0 radical (unpaired) electrons. The van der Waals surface area contributed by atoms with E-state index in [4.69, 9.17) is 27.6 Å². The first kappa shape index (κ1) is 19.2. The maximum Gasteiger partial charge on any atom is 0.241 e. The van der Waals surface area contributed by atoms with E-state index in [1.54, 1.807) is 18.2 Å². The van der Waals surface area contributed by atoms with Crippen LogP contribution in [0.25, 0.3) is 11.1 Å². The summed E-state index contributed by atoms with van der Waals surface area (Å²) in [6, 6.07) is 12.8. The Bertz CT molecular complexity index is 963. The lowest BCUT2D eigenvalue weighted by molar-refractivity contribution is -0.121.